The van der Waals surface area contributed by atoms with E-state index in [9.17, 15) is 0 Å². The molecule has 0 amide bonds. The first-order valence-corrected chi connectivity index (χ1v) is 8.84. The number of epoxide rings is 1. The topological polar surface area (TPSA) is 31.0 Å². The highest BCUT2D eigenvalue weighted by Crippen LogP contribution is 2.34. The first kappa shape index (κ1) is 18.0. The second kappa shape index (κ2) is 6.81. The predicted molar refractivity (Wildman–Crippen MR) is 100 cm³/mol. The van der Waals surface area contributed by atoms with E-state index in [1.165, 1.54) is 16.7 Å². The first-order chi connectivity index (χ1) is 11.8. The van der Waals surface area contributed by atoms with Crippen molar-refractivity contribution in [2.75, 3.05) is 20.3 Å². The number of methoxy groups -OCH3 is 1. The average Bonchev–Trinajstić information content (AvgIpc) is 3.45. The second-order valence-corrected chi connectivity index (χ2v) is 7.71. The molecule has 1 aliphatic rings. The van der Waals surface area contributed by atoms with Crippen LogP contribution in [0, 0.1) is 0 Å². The van der Waals surface area contributed by atoms with Crippen LogP contribution in [0.5, 0.6) is 5.75 Å². The van der Waals surface area contributed by atoms with Gasteiger partial charge in [0.2, 0.25) is 0 Å². The van der Waals surface area contributed by atoms with Gasteiger partial charge in [0.25, 0.3) is 0 Å². The third-order valence-electron chi connectivity index (χ3n) is 5.15. The molecule has 1 unspecified atom stereocenters. The molecule has 0 N–H and O–H groups in total. The Hall–Kier alpha value is -1.84. The van der Waals surface area contributed by atoms with Gasteiger partial charge in [-0.15, -0.1) is 0 Å². The van der Waals surface area contributed by atoms with E-state index in [2.05, 4.69) is 64.1 Å². The van der Waals surface area contributed by atoms with Crippen molar-refractivity contribution in [1.29, 1.82) is 0 Å². The van der Waals surface area contributed by atoms with Crippen molar-refractivity contribution in [2.45, 2.75) is 44.8 Å². The summed E-state index contributed by atoms with van der Waals surface area (Å²) in [4.78, 5) is 0. The minimum Gasteiger partial charge on any atom is -0.497 e. The lowest BCUT2D eigenvalue weighted by Crippen LogP contribution is -2.24. The number of rotatable bonds is 7. The fourth-order valence-corrected chi connectivity index (χ4v) is 3.01. The summed E-state index contributed by atoms with van der Waals surface area (Å²) in [6.45, 7) is 10.2. The van der Waals surface area contributed by atoms with Crippen LogP contribution in [0.25, 0.3) is 0 Å². The Labute approximate surface area is 150 Å². The van der Waals surface area contributed by atoms with Crippen LogP contribution >= 0.6 is 0 Å². The van der Waals surface area contributed by atoms with E-state index in [1.807, 2.05) is 12.1 Å². The Bertz CT molecular complexity index is 695. The summed E-state index contributed by atoms with van der Waals surface area (Å²) in [7, 11) is 1.69. The summed E-state index contributed by atoms with van der Waals surface area (Å²) in [6.07, 6.45) is 0.285. The molecule has 0 bridgehead atoms. The van der Waals surface area contributed by atoms with Crippen LogP contribution in [0.4, 0.5) is 0 Å². The van der Waals surface area contributed by atoms with Crippen molar-refractivity contribution < 1.29 is 14.2 Å². The van der Waals surface area contributed by atoms with E-state index in [0.717, 1.165) is 12.4 Å². The molecule has 0 aromatic heterocycles. The fraction of sp³-hybridized carbons (Fsp3) is 0.455. The van der Waals surface area contributed by atoms with E-state index in [0.29, 0.717) is 6.61 Å². The molecule has 3 rings (SSSR count). The van der Waals surface area contributed by atoms with Gasteiger partial charge in [-0.1, -0.05) is 50.2 Å². The molecule has 1 atom stereocenters. The van der Waals surface area contributed by atoms with Gasteiger partial charge in [0.1, 0.15) is 11.9 Å². The summed E-state index contributed by atoms with van der Waals surface area (Å²) in [5.41, 5.74) is 3.35. The van der Waals surface area contributed by atoms with Gasteiger partial charge in [0.15, 0.2) is 0 Å². The maximum atomic E-state index is 6.04. The lowest BCUT2D eigenvalue weighted by Gasteiger charge is -2.29. The van der Waals surface area contributed by atoms with Gasteiger partial charge >= 0.3 is 0 Å². The Kier molecular flexibility index (Phi) is 4.90. The van der Waals surface area contributed by atoms with Crippen molar-refractivity contribution in [2.24, 2.45) is 0 Å². The van der Waals surface area contributed by atoms with Crippen molar-refractivity contribution in [3.8, 4) is 5.75 Å². The fourth-order valence-electron chi connectivity index (χ4n) is 3.01. The van der Waals surface area contributed by atoms with Crippen LogP contribution in [0.1, 0.15) is 44.4 Å². The van der Waals surface area contributed by atoms with Crippen molar-refractivity contribution in [3.63, 3.8) is 0 Å². The van der Waals surface area contributed by atoms with Gasteiger partial charge in [-0.3, -0.25) is 0 Å². The molecule has 3 nitrogen and oxygen atoms in total. The van der Waals surface area contributed by atoms with Crippen molar-refractivity contribution in [1.82, 2.24) is 0 Å². The molecule has 0 radical (unpaired) electrons. The SMILES string of the molecule is COc1ccc(C(C)(C)c2ccc(C(C)(C)OCC3CO3)cc2)cc1. The van der Waals surface area contributed by atoms with Crippen LogP contribution in [-0.4, -0.2) is 26.4 Å². The average molecular weight is 340 g/mol. The minimum atomic E-state index is -0.311. The summed E-state index contributed by atoms with van der Waals surface area (Å²) < 4.78 is 16.5. The normalized spacial score (nSPS) is 17.4. The molecule has 2 aromatic carbocycles. The highest BCUT2D eigenvalue weighted by atomic mass is 16.6. The van der Waals surface area contributed by atoms with Crippen LogP contribution in [0.3, 0.4) is 0 Å². The molecular formula is C22H28O3. The smallest absolute Gasteiger partial charge is 0.118 e. The quantitative estimate of drug-likeness (QED) is 0.686. The van der Waals surface area contributed by atoms with Crippen molar-refractivity contribution in [3.05, 3.63) is 65.2 Å². The standard InChI is InChI=1S/C22H28O3/c1-21(2,17-10-12-19(23-5)13-11-17)16-6-8-18(9-7-16)22(3,4)25-15-20-14-24-20/h6-13,20H,14-15H2,1-5H3. The Morgan fingerprint density at radius 3 is 1.84 bits per heavy atom. The first-order valence-electron chi connectivity index (χ1n) is 8.84. The van der Waals surface area contributed by atoms with Gasteiger partial charge in [0, 0.05) is 5.41 Å². The summed E-state index contributed by atoms with van der Waals surface area (Å²) >= 11 is 0. The van der Waals surface area contributed by atoms with E-state index in [4.69, 9.17) is 14.2 Å². The highest BCUT2D eigenvalue weighted by Gasteiger charge is 2.29. The van der Waals surface area contributed by atoms with Crippen LogP contribution in [-0.2, 0) is 20.5 Å². The Morgan fingerprint density at radius 1 is 0.880 bits per heavy atom. The van der Waals surface area contributed by atoms with E-state index in [-0.39, 0.29) is 17.1 Å². The molecule has 25 heavy (non-hydrogen) atoms. The molecule has 1 fully saturated rings. The summed E-state index contributed by atoms with van der Waals surface area (Å²) in [5.74, 6) is 0.883. The maximum Gasteiger partial charge on any atom is 0.118 e. The van der Waals surface area contributed by atoms with Gasteiger partial charge in [-0.2, -0.15) is 0 Å². The molecule has 1 heterocycles. The van der Waals surface area contributed by atoms with Crippen molar-refractivity contribution >= 4 is 0 Å². The number of hydrogen-bond acceptors (Lipinski definition) is 3. The summed E-state index contributed by atoms with van der Waals surface area (Å²) in [5, 5.41) is 0. The van der Waals surface area contributed by atoms with Crippen LogP contribution in [0.2, 0.25) is 0 Å². The van der Waals surface area contributed by atoms with E-state index < -0.39 is 0 Å². The molecule has 0 spiro atoms. The largest absolute Gasteiger partial charge is 0.497 e. The highest BCUT2D eigenvalue weighted by molar-refractivity contribution is 5.41. The molecule has 0 saturated carbocycles. The molecule has 1 saturated heterocycles. The molecular weight excluding hydrogens is 312 g/mol. The molecule has 1 aliphatic heterocycles. The lowest BCUT2D eigenvalue weighted by molar-refractivity contribution is -0.0285. The molecule has 3 heteroatoms. The van der Waals surface area contributed by atoms with Gasteiger partial charge in [-0.25, -0.2) is 0 Å². The number of benzene rings is 2. The van der Waals surface area contributed by atoms with Gasteiger partial charge in [0.05, 0.1) is 25.9 Å². The second-order valence-electron chi connectivity index (χ2n) is 7.71. The zero-order valence-electron chi connectivity index (χ0n) is 15.8. The van der Waals surface area contributed by atoms with E-state index in [1.54, 1.807) is 7.11 Å². The number of ether oxygens (including phenoxy) is 3. The third-order valence-corrected chi connectivity index (χ3v) is 5.15. The zero-order valence-corrected chi connectivity index (χ0v) is 15.8. The molecule has 0 aliphatic carbocycles. The Morgan fingerprint density at radius 2 is 1.36 bits per heavy atom. The minimum absolute atomic E-state index is 0.0718. The third kappa shape index (κ3) is 4.05. The zero-order chi connectivity index (χ0) is 18.1. The Balaban J connectivity index is 1.77. The maximum absolute atomic E-state index is 6.04. The van der Waals surface area contributed by atoms with Crippen LogP contribution < -0.4 is 4.74 Å². The summed E-state index contributed by atoms with van der Waals surface area (Å²) in [6, 6.07) is 17.1. The molecule has 2 aromatic rings. The molecule has 134 valence electrons. The van der Waals surface area contributed by atoms with Gasteiger partial charge in [-0.05, 0) is 42.7 Å². The lowest BCUT2D eigenvalue weighted by atomic mass is 9.77. The van der Waals surface area contributed by atoms with Gasteiger partial charge < -0.3 is 14.2 Å². The number of hydrogen-bond donors (Lipinski definition) is 0. The van der Waals surface area contributed by atoms with E-state index >= 15 is 0 Å². The monoisotopic (exact) mass is 340 g/mol. The predicted octanol–water partition coefficient (Wildman–Crippen LogP) is 4.67. The van der Waals surface area contributed by atoms with Crippen LogP contribution in [0.15, 0.2) is 48.5 Å².